The Kier molecular flexibility index (Phi) is 17.8. The number of thiazole rings is 1. The van der Waals surface area contributed by atoms with E-state index >= 15 is 0 Å². The summed E-state index contributed by atoms with van der Waals surface area (Å²) in [4.78, 5) is 30.5. The normalized spacial score (nSPS) is 14.5. The van der Waals surface area contributed by atoms with Gasteiger partial charge in [-0.1, -0.05) is 49.4 Å². The first-order chi connectivity index (χ1) is 23.7. The fourth-order valence-electron chi connectivity index (χ4n) is 5.24. The minimum Gasteiger partial charge on any atom is -0.405 e. The van der Waals surface area contributed by atoms with E-state index in [-0.39, 0.29) is 18.1 Å². The topological polar surface area (TPSA) is 100 Å². The fourth-order valence-corrected chi connectivity index (χ4v) is 5.92. The van der Waals surface area contributed by atoms with Crippen LogP contribution < -0.4 is 16.4 Å². The van der Waals surface area contributed by atoms with Gasteiger partial charge < -0.3 is 21.3 Å². The zero-order valence-electron chi connectivity index (χ0n) is 28.2. The molecule has 2 heterocycles. The van der Waals surface area contributed by atoms with Crippen LogP contribution >= 0.6 is 11.3 Å². The number of halogens is 6. The molecule has 1 aliphatic rings. The number of allylic oxidation sites excluding steroid dienone is 2. The van der Waals surface area contributed by atoms with Crippen molar-refractivity contribution in [3.05, 3.63) is 107 Å². The van der Waals surface area contributed by atoms with Gasteiger partial charge in [-0.25, -0.2) is 4.98 Å². The molecule has 1 saturated heterocycles. The lowest BCUT2D eigenvalue weighted by atomic mass is 9.89. The van der Waals surface area contributed by atoms with E-state index < -0.39 is 41.8 Å². The van der Waals surface area contributed by atoms with Crippen LogP contribution in [0.1, 0.15) is 73.4 Å². The number of carbonyl (C=O) groups is 2. The highest BCUT2D eigenvalue weighted by atomic mass is 32.1. The highest BCUT2D eigenvalue weighted by Crippen LogP contribution is 2.36. The molecule has 0 radical (unpaired) electrons. The summed E-state index contributed by atoms with van der Waals surface area (Å²) in [6.07, 6.45) is -0.698. The van der Waals surface area contributed by atoms with E-state index in [9.17, 15) is 35.9 Å². The van der Waals surface area contributed by atoms with E-state index in [0.717, 1.165) is 32.4 Å². The number of alkyl halides is 6. The summed E-state index contributed by atoms with van der Waals surface area (Å²) in [7, 11) is 0. The quantitative estimate of drug-likeness (QED) is 0.0988. The first-order valence-electron chi connectivity index (χ1n) is 16.2. The van der Waals surface area contributed by atoms with E-state index in [1.165, 1.54) is 16.9 Å². The summed E-state index contributed by atoms with van der Waals surface area (Å²) in [6.45, 7) is 9.05. The SMILES string of the molecule is C=CC.CC/C=C/N.O=CNc1nc(CC(CCN2CCC(c3ccccc3)CC2)C(=O)NCc2cc(C(F)(F)F)cc(C(F)(F)F)c2)cs1. The Bertz CT molecular complexity index is 1450. The van der Waals surface area contributed by atoms with Crippen LogP contribution in [0.2, 0.25) is 0 Å². The van der Waals surface area contributed by atoms with Crippen molar-refractivity contribution in [3.63, 3.8) is 0 Å². The zero-order chi connectivity index (χ0) is 37.2. The van der Waals surface area contributed by atoms with Crippen LogP contribution in [0.5, 0.6) is 0 Å². The molecular formula is C36H45F6N5O2S. The molecule has 7 nitrogen and oxygen atoms in total. The maximum atomic E-state index is 13.3. The van der Waals surface area contributed by atoms with E-state index in [2.05, 4.69) is 39.2 Å². The van der Waals surface area contributed by atoms with Crippen LogP contribution in [0.15, 0.2) is 78.8 Å². The number of nitrogens with two attached hydrogens (primary N) is 1. The van der Waals surface area contributed by atoms with E-state index in [1.807, 2.05) is 38.1 Å². The Morgan fingerprint density at radius 3 is 2.18 bits per heavy atom. The summed E-state index contributed by atoms with van der Waals surface area (Å²) in [5.41, 5.74) is 3.62. The number of amides is 2. The fraction of sp³-hybridized carbons (Fsp3) is 0.417. The molecule has 0 aliphatic carbocycles. The van der Waals surface area contributed by atoms with Crippen molar-refractivity contribution in [1.29, 1.82) is 0 Å². The van der Waals surface area contributed by atoms with E-state index in [4.69, 9.17) is 5.73 Å². The molecule has 0 saturated carbocycles. The molecule has 1 atom stereocenters. The number of aromatic nitrogens is 1. The largest absolute Gasteiger partial charge is 0.416 e. The van der Waals surface area contributed by atoms with E-state index in [0.29, 0.717) is 48.3 Å². The van der Waals surface area contributed by atoms with Crippen LogP contribution in [0, 0.1) is 5.92 Å². The first kappa shape index (κ1) is 42.0. The number of hydrogen-bond donors (Lipinski definition) is 3. The zero-order valence-corrected chi connectivity index (χ0v) is 29.0. The maximum Gasteiger partial charge on any atom is 0.416 e. The molecular weight excluding hydrogens is 680 g/mol. The molecule has 0 spiro atoms. The first-order valence-corrected chi connectivity index (χ1v) is 17.0. The lowest BCUT2D eigenvalue weighted by molar-refractivity contribution is -0.143. The number of anilines is 1. The van der Waals surface area contributed by atoms with Crippen molar-refractivity contribution in [3.8, 4) is 0 Å². The van der Waals surface area contributed by atoms with Crippen LogP contribution in [0.25, 0.3) is 0 Å². The minimum atomic E-state index is -4.98. The molecule has 1 unspecified atom stereocenters. The third-order valence-corrected chi connectivity index (χ3v) is 8.52. The van der Waals surface area contributed by atoms with Crippen molar-refractivity contribution < 1.29 is 35.9 Å². The molecule has 4 N–H and O–H groups in total. The van der Waals surface area contributed by atoms with Gasteiger partial charge in [0.2, 0.25) is 12.3 Å². The monoisotopic (exact) mass is 725 g/mol. The molecule has 3 aromatic rings. The molecule has 2 amide bonds. The predicted molar refractivity (Wildman–Crippen MR) is 186 cm³/mol. The third kappa shape index (κ3) is 14.8. The molecule has 1 aromatic heterocycles. The van der Waals surface area contributed by atoms with Gasteiger partial charge in [-0.15, -0.1) is 17.9 Å². The Hall–Kier alpha value is -4.17. The lowest BCUT2D eigenvalue weighted by Crippen LogP contribution is -2.37. The second-order valence-corrected chi connectivity index (χ2v) is 12.4. The molecule has 274 valence electrons. The van der Waals surface area contributed by atoms with Crippen LogP contribution in [0.4, 0.5) is 31.5 Å². The number of hydrogen-bond acceptors (Lipinski definition) is 6. The summed E-state index contributed by atoms with van der Waals surface area (Å²) in [5.74, 6) is -0.691. The van der Waals surface area contributed by atoms with Gasteiger partial charge in [0.15, 0.2) is 5.13 Å². The summed E-state index contributed by atoms with van der Waals surface area (Å²) in [5, 5.41) is 7.03. The Morgan fingerprint density at radius 1 is 1.08 bits per heavy atom. The highest BCUT2D eigenvalue weighted by molar-refractivity contribution is 7.13. The van der Waals surface area contributed by atoms with Crippen LogP contribution in [-0.4, -0.2) is 41.8 Å². The van der Waals surface area contributed by atoms with E-state index in [1.54, 1.807) is 17.7 Å². The van der Waals surface area contributed by atoms with Crippen molar-refractivity contribution in [1.82, 2.24) is 15.2 Å². The smallest absolute Gasteiger partial charge is 0.405 e. The molecule has 14 heteroatoms. The second kappa shape index (κ2) is 21.1. The molecule has 2 aromatic carbocycles. The highest BCUT2D eigenvalue weighted by Gasteiger charge is 2.37. The van der Waals surface area contributed by atoms with Crippen molar-refractivity contribution >= 4 is 28.8 Å². The number of nitrogens with zero attached hydrogens (tertiary/aromatic N) is 2. The Morgan fingerprint density at radius 2 is 1.68 bits per heavy atom. The van der Waals surface area contributed by atoms with Gasteiger partial charge in [-0.05, 0) is 93.7 Å². The number of carbonyl (C=O) groups excluding carboxylic acids is 2. The van der Waals surface area contributed by atoms with Gasteiger partial charge in [0.05, 0.1) is 16.8 Å². The number of benzene rings is 2. The molecule has 50 heavy (non-hydrogen) atoms. The Labute approximate surface area is 293 Å². The molecule has 4 rings (SSSR count). The van der Waals surface area contributed by atoms with Gasteiger partial charge in [0, 0.05) is 24.3 Å². The lowest BCUT2D eigenvalue weighted by Gasteiger charge is -2.33. The molecule has 1 aliphatic heterocycles. The van der Waals surface area contributed by atoms with Gasteiger partial charge in [0.25, 0.3) is 0 Å². The molecule has 1 fully saturated rings. The second-order valence-electron chi connectivity index (χ2n) is 11.5. The number of rotatable bonds is 12. The summed E-state index contributed by atoms with van der Waals surface area (Å²) < 4.78 is 79.6. The van der Waals surface area contributed by atoms with Gasteiger partial charge >= 0.3 is 12.4 Å². The number of piperidine rings is 1. The van der Waals surface area contributed by atoms with Crippen molar-refractivity contribution in [2.75, 3.05) is 25.0 Å². The molecule has 0 bridgehead atoms. The minimum absolute atomic E-state index is 0.0578. The van der Waals surface area contributed by atoms with Crippen molar-refractivity contribution in [2.24, 2.45) is 11.7 Å². The van der Waals surface area contributed by atoms with Crippen LogP contribution in [-0.2, 0) is 34.9 Å². The van der Waals surface area contributed by atoms with Gasteiger partial charge in [-0.2, -0.15) is 26.3 Å². The standard InChI is InChI=1S/C29H30F6N4O2S.C4H9N.C3H6/c30-28(31,32)23-12-19(13-24(15-23)29(33,34)35)16-36-26(41)22(14-25-17-42-27(38-25)37-18-40)8-11-39-9-6-21(7-10-39)20-4-2-1-3-5-20;1-2-3-4-5;1-3-2/h1-5,12-13,15,17-18,21-22H,6-11,14,16H2,(H,36,41)(H,37,38,40);3-4H,2,5H2,1H3;3H,1H2,2H3/b;4-3+;. The number of likely N-dealkylation sites (tertiary alicyclic amines) is 1. The van der Waals surface area contributed by atoms with Gasteiger partial charge in [0.1, 0.15) is 0 Å². The van der Waals surface area contributed by atoms with Gasteiger partial charge in [-0.3, -0.25) is 9.59 Å². The average molecular weight is 726 g/mol. The maximum absolute atomic E-state index is 13.3. The Balaban J connectivity index is 0.000000979. The predicted octanol–water partition coefficient (Wildman–Crippen LogP) is 8.55. The summed E-state index contributed by atoms with van der Waals surface area (Å²) >= 11 is 1.18. The van der Waals surface area contributed by atoms with Crippen LogP contribution in [0.3, 0.4) is 0 Å². The summed E-state index contributed by atoms with van der Waals surface area (Å²) in [6, 6.07) is 11.5. The third-order valence-electron chi connectivity index (χ3n) is 7.70. The van der Waals surface area contributed by atoms with Crippen molar-refractivity contribution in [2.45, 2.75) is 70.8 Å². The average Bonchev–Trinajstić information content (AvgIpc) is 3.53. The number of nitrogens with one attached hydrogen (secondary N) is 2.